The van der Waals surface area contributed by atoms with Crippen LogP contribution in [0.15, 0.2) is 24.3 Å². The second kappa shape index (κ2) is 5.77. The van der Waals surface area contributed by atoms with Crippen molar-refractivity contribution in [3.8, 4) is 0 Å². The van der Waals surface area contributed by atoms with Crippen LogP contribution >= 0.6 is 0 Å². The standard InChI is InChI=1S/C18H28N2/c1-15-12-16-8-4-5-9-17(16)20(13-15)18(14-19)10-6-2-3-7-11-18/h4-5,8-9,15H,2-3,6-7,10-14,19H2,1H3. The summed E-state index contributed by atoms with van der Waals surface area (Å²) in [7, 11) is 0. The van der Waals surface area contributed by atoms with Crippen molar-refractivity contribution in [3.05, 3.63) is 29.8 Å². The van der Waals surface area contributed by atoms with E-state index < -0.39 is 0 Å². The first-order valence-corrected chi connectivity index (χ1v) is 8.31. The van der Waals surface area contributed by atoms with Gasteiger partial charge in [-0.1, -0.05) is 50.8 Å². The molecule has 0 bridgehead atoms. The van der Waals surface area contributed by atoms with Gasteiger partial charge in [-0.05, 0) is 36.8 Å². The largest absolute Gasteiger partial charge is 0.364 e. The molecule has 1 saturated carbocycles. The minimum absolute atomic E-state index is 0.210. The minimum Gasteiger partial charge on any atom is -0.364 e. The smallest absolute Gasteiger partial charge is 0.0524 e. The van der Waals surface area contributed by atoms with E-state index in [9.17, 15) is 0 Å². The Morgan fingerprint density at radius 1 is 1.15 bits per heavy atom. The van der Waals surface area contributed by atoms with Gasteiger partial charge in [0.2, 0.25) is 0 Å². The lowest BCUT2D eigenvalue weighted by molar-refractivity contribution is 0.321. The Balaban J connectivity index is 1.98. The van der Waals surface area contributed by atoms with Crippen molar-refractivity contribution in [2.75, 3.05) is 18.0 Å². The molecule has 1 fully saturated rings. The van der Waals surface area contributed by atoms with Crippen LogP contribution < -0.4 is 10.6 Å². The second-order valence-corrected chi connectivity index (χ2v) is 6.89. The molecular formula is C18H28N2. The molecule has 1 aliphatic carbocycles. The molecule has 1 aromatic carbocycles. The predicted molar refractivity (Wildman–Crippen MR) is 86.1 cm³/mol. The maximum atomic E-state index is 6.30. The topological polar surface area (TPSA) is 29.3 Å². The molecule has 1 atom stereocenters. The first-order valence-electron chi connectivity index (χ1n) is 8.31. The highest BCUT2D eigenvalue weighted by molar-refractivity contribution is 5.58. The summed E-state index contributed by atoms with van der Waals surface area (Å²) in [5.41, 5.74) is 9.48. The molecule has 2 N–H and O–H groups in total. The molecule has 0 aromatic heterocycles. The lowest BCUT2D eigenvalue weighted by atomic mass is 9.83. The molecule has 110 valence electrons. The third kappa shape index (κ3) is 2.46. The van der Waals surface area contributed by atoms with Crippen molar-refractivity contribution in [1.29, 1.82) is 0 Å². The highest BCUT2D eigenvalue weighted by Crippen LogP contribution is 2.40. The quantitative estimate of drug-likeness (QED) is 0.831. The first-order chi connectivity index (χ1) is 9.75. The number of para-hydroxylation sites is 1. The number of hydrogen-bond acceptors (Lipinski definition) is 2. The fourth-order valence-electron chi connectivity index (χ4n) is 4.22. The number of anilines is 1. The van der Waals surface area contributed by atoms with Crippen molar-refractivity contribution < 1.29 is 0 Å². The number of fused-ring (bicyclic) bond motifs is 1. The van der Waals surface area contributed by atoms with Crippen LogP contribution in [0.4, 0.5) is 5.69 Å². The van der Waals surface area contributed by atoms with Gasteiger partial charge in [0, 0.05) is 18.8 Å². The number of nitrogens with zero attached hydrogens (tertiary/aromatic N) is 1. The van der Waals surface area contributed by atoms with E-state index in [4.69, 9.17) is 5.73 Å². The normalized spacial score (nSPS) is 25.9. The Kier molecular flexibility index (Phi) is 4.02. The fraction of sp³-hybridized carbons (Fsp3) is 0.667. The summed E-state index contributed by atoms with van der Waals surface area (Å²) in [6.07, 6.45) is 9.19. The van der Waals surface area contributed by atoms with Gasteiger partial charge in [0.25, 0.3) is 0 Å². The van der Waals surface area contributed by atoms with E-state index in [1.54, 1.807) is 0 Å². The van der Waals surface area contributed by atoms with Gasteiger partial charge in [-0.15, -0.1) is 0 Å². The van der Waals surface area contributed by atoms with Crippen LogP contribution in [0, 0.1) is 5.92 Å². The monoisotopic (exact) mass is 272 g/mol. The Bertz CT molecular complexity index is 446. The molecule has 3 rings (SSSR count). The molecule has 2 heteroatoms. The van der Waals surface area contributed by atoms with Crippen LogP contribution in [0.2, 0.25) is 0 Å². The van der Waals surface area contributed by atoms with Crippen molar-refractivity contribution in [2.24, 2.45) is 11.7 Å². The molecule has 1 aliphatic heterocycles. The Labute approximate surface area is 123 Å². The lowest BCUT2D eigenvalue weighted by Crippen LogP contribution is -2.57. The molecule has 2 nitrogen and oxygen atoms in total. The summed E-state index contributed by atoms with van der Waals surface area (Å²) < 4.78 is 0. The fourth-order valence-corrected chi connectivity index (χ4v) is 4.22. The van der Waals surface area contributed by atoms with E-state index in [2.05, 4.69) is 36.1 Å². The number of rotatable bonds is 2. The highest BCUT2D eigenvalue weighted by Gasteiger charge is 2.39. The Morgan fingerprint density at radius 3 is 2.55 bits per heavy atom. The van der Waals surface area contributed by atoms with Crippen LogP contribution in [-0.4, -0.2) is 18.6 Å². The molecule has 0 radical (unpaired) electrons. The SMILES string of the molecule is CC1Cc2ccccc2N(C2(CN)CCCCCC2)C1. The molecule has 1 heterocycles. The van der Waals surface area contributed by atoms with Crippen molar-refractivity contribution in [1.82, 2.24) is 0 Å². The van der Waals surface area contributed by atoms with Gasteiger partial charge in [0.15, 0.2) is 0 Å². The number of nitrogens with two attached hydrogens (primary N) is 1. The molecular weight excluding hydrogens is 244 g/mol. The van der Waals surface area contributed by atoms with Crippen molar-refractivity contribution in [2.45, 2.75) is 57.4 Å². The Morgan fingerprint density at radius 2 is 1.85 bits per heavy atom. The average Bonchev–Trinajstić information content (AvgIpc) is 2.72. The van der Waals surface area contributed by atoms with Crippen LogP contribution in [0.3, 0.4) is 0 Å². The van der Waals surface area contributed by atoms with Crippen molar-refractivity contribution in [3.63, 3.8) is 0 Å². The van der Waals surface area contributed by atoms with E-state index >= 15 is 0 Å². The zero-order valence-corrected chi connectivity index (χ0v) is 12.8. The van der Waals surface area contributed by atoms with E-state index in [-0.39, 0.29) is 5.54 Å². The summed E-state index contributed by atoms with van der Waals surface area (Å²) in [5.74, 6) is 0.733. The van der Waals surface area contributed by atoms with Crippen LogP contribution in [0.5, 0.6) is 0 Å². The lowest BCUT2D eigenvalue weighted by Gasteiger charge is -2.49. The third-order valence-electron chi connectivity index (χ3n) is 5.33. The van der Waals surface area contributed by atoms with Gasteiger partial charge in [0.05, 0.1) is 5.54 Å². The van der Waals surface area contributed by atoms with Gasteiger partial charge in [-0.2, -0.15) is 0 Å². The summed E-state index contributed by atoms with van der Waals surface area (Å²) >= 11 is 0. The number of hydrogen-bond donors (Lipinski definition) is 1. The summed E-state index contributed by atoms with van der Waals surface area (Å²) in [6.45, 7) is 4.35. The van der Waals surface area contributed by atoms with Crippen LogP contribution in [0.25, 0.3) is 0 Å². The van der Waals surface area contributed by atoms with E-state index in [0.717, 1.165) is 12.5 Å². The van der Waals surface area contributed by atoms with Gasteiger partial charge in [0.1, 0.15) is 0 Å². The maximum absolute atomic E-state index is 6.30. The molecule has 0 amide bonds. The zero-order chi connectivity index (χ0) is 14.0. The van der Waals surface area contributed by atoms with Gasteiger partial charge in [-0.25, -0.2) is 0 Å². The molecule has 0 saturated heterocycles. The summed E-state index contributed by atoms with van der Waals surface area (Å²) in [5, 5.41) is 0. The molecule has 1 aromatic rings. The van der Waals surface area contributed by atoms with Crippen LogP contribution in [0.1, 0.15) is 51.0 Å². The van der Waals surface area contributed by atoms with E-state index in [0.29, 0.717) is 0 Å². The van der Waals surface area contributed by atoms with Crippen LogP contribution in [-0.2, 0) is 6.42 Å². The summed E-state index contributed by atoms with van der Waals surface area (Å²) in [6, 6.07) is 8.97. The summed E-state index contributed by atoms with van der Waals surface area (Å²) in [4.78, 5) is 2.68. The van der Waals surface area contributed by atoms with Crippen molar-refractivity contribution >= 4 is 5.69 Å². The van der Waals surface area contributed by atoms with Gasteiger partial charge in [-0.3, -0.25) is 0 Å². The molecule has 1 unspecified atom stereocenters. The maximum Gasteiger partial charge on any atom is 0.0524 e. The molecule has 20 heavy (non-hydrogen) atoms. The zero-order valence-electron chi connectivity index (χ0n) is 12.8. The van der Waals surface area contributed by atoms with Gasteiger partial charge >= 0.3 is 0 Å². The molecule has 2 aliphatic rings. The molecule has 0 spiro atoms. The minimum atomic E-state index is 0.210. The average molecular weight is 272 g/mol. The van der Waals surface area contributed by atoms with Gasteiger partial charge < -0.3 is 10.6 Å². The Hall–Kier alpha value is -1.02. The van der Waals surface area contributed by atoms with E-state index in [1.807, 2.05) is 0 Å². The first kappa shape index (κ1) is 13.9. The third-order valence-corrected chi connectivity index (χ3v) is 5.33. The number of benzene rings is 1. The predicted octanol–water partition coefficient (Wildman–Crippen LogP) is 3.74. The second-order valence-electron chi connectivity index (χ2n) is 6.89. The highest BCUT2D eigenvalue weighted by atomic mass is 15.2. The van der Waals surface area contributed by atoms with E-state index in [1.165, 1.54) is 62.7 Å².